The van der Waals surface area contributed by atoms with E-state index < -0.39 is 23.9 Å². The van der Waals surface area contributed by atoms with Gasteiger partial charge in [0.25, 0.3) is 0 Å². The zero-order valence-corrected chi connectivity index (χ0v) is 17.5. The quantitative estimate of drug-likeness (QED) is 0.403. The molecular formula is C21H35N3O4. The first-order valence-corrected chi connectivity index (χ1v) is 10.5. The van der Waals surface area contributed by atoms with Crippen LogP contribution < -0.4 is 10.6 Å². The molecule has 28 heavy (non-hydrogen) atoms. The molecule has 0 spiro atoms. The molecule has 3 N–H and O–H groups in total. The first kappa shape index (κ1) is 22.4. The maximum atomic E-state index is 13.4. The van der Waals surface area contributed by atoms with Crippen LogP contribution in [0.25, 0.3) is 0 Å². The molecule has 1 saturated heterocycles. The molecule has 0 bridgehead atoms. The van der Waals surface area contributed by atoms with Crippen LogP contribution in [0, 0.1) is 23.7 Å². The van der Waals surface area contributed by atoms with Crippen LogP contribution in [-0.2, 0) is 14.4 Å². The van der Waals surface area contributed by atoms with Gasteiger partial charge < -0.3 is 20.6 Å². The number of carbonyl (C=O) groups is 3. The lowest BCUT2D eigenvalue weighted by atomic mass is 9.68. The van der Waals surface area contributed by atoms with Crippen LogP contribution in [-0.4, -0.2) is 60.0 Å². The van der Waals surface area contributed by atoms with Gasteiger partial charge in [0.15, 0.2) is 0 Å². The third-order valence-corrected chi connectivity index (χ3v) is 6.06. The summed E-state index contributed by atoms with van der Waals surface area (Å²) in [4.78, 5) is 40.6. The van der Waals surface area contributed by atoms with Crippen molar-refractivity contribution in [2.75, 3.05) is 20.2 Å². The average Bonchev–Trinajstić information content (AvgIpc) is 2.99. The molecule has 0 aromatic carbocycles. The maximum Gasteiger partial charge on any atom is 0.243 e. The molecule has 1 heterocycles. The lowest BCUT2D eigenvalue weighted by Crippen LogP contribution is -2.51. The number of nitrogens with zero attached hydrogens (tertiary/aromatic N) is 1. The van der Waals surface area contributed by atoms with Crippen LogP contribution in [0.5, 0.6) is 0 Å². The number of rotatable bonds is 9. The van der Waals surface area contributed by atoms with E-state index in [1.807, 2.05) is 19.1 Å². The minimum absolute atomic E-state index is 0.0247. The van der Waals surface area contributed by atoms with Gasteiger partial charge in [0, 0.05) is 19.5 Å². The van der Waals surface area contributed by atoms with Gasteiger partial charge in [0.2, 0.25) is 17.7 Å². The third kappa shape index (κ3) is 4.24. The second-order valence-corrected chi connectivity index (χ2v) is 7.95. The van der Waals surface area contributed by atoms with E-state index >= 15 is 0 Å². The molecular weight excluding hydrogens is 358 g/mol. The number of hydrogen-bond acceptors (Lipinski definition) is 4. The monoisotopic (exact) mass is 393 g/mol. The third-order valence-electron chi connectivity index (χ3n) is 6.06. The number of carbonyl (C=O) groups excluding carboxylic acids is 3. The molecule has 2 aliphatic rings. The van der Waals surface area contributed by atoms with Crippen LogP contribution in [0.1, 0.15) is 46.5 Å². The Balaban J connectivity index is 2.42. The largest absolute Gasteiger partial charge is 0.394 e. The van der Waals surface area contributed by atoms with Crippen molar-refractivity contribution in [2.45, 2.75) is 58.5 Å². The van der Waals surface area contributed by atoms with Crippen molar-refractivity contribution in [2.24, 2.45) is 23.7 Å². The molecule has 1 aliphatic heterocycles. The fourth-order valence-corrected chi connectivity index (χ4v) is 4.64. The molecule has 0 unspecified atom stereocenters. The molecule has 0 aromatic rings. The van der Waals surface area contributed by atoms with Crippen molar-refractivity contribution in [3.05, 3.63) is 12.2 Å². The Kier molecular flexibility index (Phi) is 8.04. The summed E-state index contributed by atoms with van der Waals surface area (Å²) in [6, 6.07) is -1.18. The number of aliphatic hydroxyl groups is 1. The summed E-state index contributed by atoms with van der Waals surface area (Å²) in [6.07, 6.45) is 7.52. The van der Waals surface area contributed by atoms with Crippen LogP contribution in [0.15, 0.2) is 12.2 Å². The molecule has 158 valence electrons. The van der Waals surface area contributed by atoms with Gasteiger partial charge in [-0.05, 0) is 25.7 Å². The molecule has 1 aliphatic carbocycles. The number of nitrogens with one attached hydrogen (secondary N) is 2. The average molecular weight is 394 g/mol. The highest BCUT2D eigenvalue weighted by Crippen LogP contribution is 2.45. The fraction of sp³-hybridized carbons (Fsp3) is 0.762. The van der Waals surface area contributed by atoms with Crippen LogP contribution in [0.3, 0.4) is 0 Å². The number of fused-ring (bicyclic) bond motifs is 1. The number of unbranched alkanes of at least 4 members (excludes halogenated alkanes) is 1. The van der Waals surface area contributed by atoms with Crippen molar-refractivity contribution < 1.29 is 19.5 Å². The Morgan fingerprint density at radius 1 is 1.21 bits per heavy atom. The number of likely N-dealkylation sites (tertiary alicyclic amines) is 1. The zero-order valence-electron chi connectivity index (χ0n) is 17.5. The lowest BCUT2D eigenvalue weighted by molar-refractivity contribution is -0.143. The standard InChI is InChI=1S/C21H35N3O4/c1-5-7-11-23-20(27)18-15-10-9-14(8-6-2)16(19(26)22-4)17(15)21(28)24(18)13(3)12-25/h9-10,13-18,25H,5-8,11-12H2,1-4H3,(H,22,26)(H,23,27)/t13-,14-,15+,16-,17-,18+/m1/s1. The Morgan fingerprint density at radius 3 is 2.50 bits per heavy atom. The summed E-state index contributed by atoms with van der Waals surface area (Å²) in [7, 11) is 1.58. The summed E-state index contributed by atoms with van der Waals surface area (Å²) in [5.41, 5.74) is 0. The Morgan fingerprint density at radius 2 is 1.93 bits per heavy atom. The van der Waals surface area contributed by atoms with Gasteiger partial charge in [-0.2, -0.15) is 0 Å². The van der Waals surface area contributed by atoms with E-state index in [9.17, 15) is 19.5 Å². The smallest absolute Gasteiger partial charge is 0.243 e. The van der Waals surface area contributed by atoms with E-state index in [-0.39, 0.29) is 36.2 Å². The molecule has 7 heteroatoms. The number of hydrogen-bond donors (Lipinski definition) is 3. The SMILES string of the molecule is CCCCNC(=O)[C@@H]1[C@H]2C=C[C@@H](CCC)[C@@H](C(=O)NC)[C@@H]2C(=O)N1[C@H](C)CO. The van der Waals surface area contributed by atoms with E-state index in [0.29, 0.717) is 6.54 Å². The van der Waals surface area contributed by atoms with E-state index in [2.05, 4.69) is 17.6 Å². The Bertz CT molecular complexity index is 606. The molecule has 6 atom stereocenters. The number of aliphatic hydroxyl groups excluding tert-OH is 1. The lowest BCUT2D eigenvalue weighted by Gasteiger charge is -2.34. The molecule has 0 radical (unpaired) electrons. The summed E-state index contributed by atoms with van der Waals surface area (Å²) >= 11 is 0. The van der Waals surface area contributed by atoms with Gasteiger partial charge in [-0.25, -0.2) is 0 Å². The van der Waals surface area contributed by atoms with E-state index in [1.165, 1.54) is 4.90 Å². The normalized spacial score (nSPS) is 30.1. The van der Waals surface area contributed by atoms with Crippen molar-refractivity contribution in [1.29, 1.82) is 0 Å². The highest BCUT2D eigenvalue weighted by Gasteiger charge is 2.57. The fourth-order valence-electron chi connectivity index (χ4n) is 4.64. The maximum absolute atomic E-state index is 13.4. The topological polar surface area (TPSA) is 98.7 Å². The Labute approximate surface area is 167 Å². The van der Waals surface area contributed by atoms with E-state index in [1.54, 1.807) is 14.0 Å². The molecule has 3 amide bonds. The second-order valence-electron chi connectivity index (χ2n) is 7.95. The van der Waals surface area contributed by atoms with E-state index in [4.69, 9.17) is 0 Å². The molecule has 2 rings (SSSR count). The summed E-state index contributed by atoms with van der Waals surface area (Å²) < 4.78 is 0. The first-order chi connectivity index (χ1) is 13.4. The summed E-state index contributed by atoms with van der Waals surface area (Å²) in [6.45, 7) is 6.18. The minimum Gasteiger partial charge on any atom is -0.394 e. The van der Waals surface area contributed by atoms with Crippen molar-refractivity contribution >= 4 is 17.7 Å². The van der Waals surface area contributed by atoms with Gasteiger partial charge in [0.1, 0.15) is 6.04 Å². The van der Waals surface area contributed by atoms with Gasteiger partial charge in [-0.3, -0.25) is 14.4 Å². The van der Waals surface area contributed by atoms with Gasteiger partial charge in [-0.15, -0.1) is 0 Å². The molecule has 1 fully saturated rings. The number of amides is 3. The molecule has 7 nitrogen and oxygen atoms in total. The summed E-state index contributed by atoms with van der Waals surface area (Å²) in [5, 5.41) is 15.3. The van der Waals surface area contributed by atoms with Crippen molar-refractivity contribution in [3.63, 3.8) is 0 Å². The number of allylic oxidation sites excluding steroid dienone is 1. The minimum atomic E-state index is -0.692. The highest BCUT2D eigenvalue weighted by atomic mass is 16.3. The van der Waals surface area contributed by atoms with Gasteiger partial charge in [0.05, 0.1) is 24.5 Å². The van der Waals surface area contributed by atoms with Crippen LogP contribution in [0.2, 0.25) is 0 Å². The second kappa shape index (κ2) is 10.0. The highest BCUT2D eigenvalue weighted by molar-refractivity contribution is 5.97. The first-order valence-electron chi connectivity index (χ1n) is 10.5. The van der Waals surface area contributed by atoms with E-state index in [0.717, 1.165) is 25.7 Å². The van der Waals surface area contributed by atoms with Crippen LogP contribution >= 0.6 is 0 Å². The Hall–Kier alpha value is -1.89. The molecule has 0 saturated carbocycles. The predicted molar refractivity (Wildman–Crippen MR) is 107 cm³/mol. The van der Waals surface area contributed by atoms with Gasteiger partial charge >= 0.3 is 0 Å². The summed E-state index contributed by atoms with van der Waals surface area (Å²) in [5.74, 6) is -2.02. The van der Waals surface area contributed by atoms with Crippen LogP contribution in [0.4, 0.5) is 0 Å². The predicted octanol–water partition coefficient (Wildman–Crippen LogP) is 1.08. The van der Waals surface area contributed by atoms with Crippen molar-refractivity contribution in [1.82, 2.24) is 15.5 Å². The molecule has 0 aromatic heterocycles. The van der Waals surface area contributed by atoms with Crippen molar-refractivity contribution in [3.8, 4) is 0 Å². The van der Waals surface area contributed by atoms with Gasteiger partial charge in [-0.1, -0.05) is 38.8 Å². The zero-order chi connectivity index (χ0) is 20.8.